The first-order chi connectivity index (χ1) is 12.1. The number of likely N-dealkylation sites (tertiary alicyclic amines) is 1. The van der Waals surface area contributed by atoms with E-state index in [2.05, 4.69) is 41.3 Å². The number of hydrogen-bond donors (Lipinski definition) is 2. The van der Waals surface area contributed by atoms with Crippen molar-refractivity contribution in [3.05, 3.63) is 0 Å². The average Bonchev–Trinajstić information content (AvgIpc) is 2.52. The third-order valence-corrected chi connectivity index (χ3v) is 6.52. The third-order valence-electron chi connectivity index (χ3n) is 6.52. The third kappa shape index (κ3) is 4.85. The molecule has 152 valence electrons. The predicted molar refractivity (Wildman–Crippen MR) is 119 cm³/mol. The van der Waals surface area contributed by atoms with Crippen molar-refractivity contribution in [3.8, 4) is 0 Å². The molecule has 26 heavy (non-hydrogen) atoms. The highest BCUT2D eigenvalue weighted by Gasteiger charge is 2.59. The molecular weight excluding hydrogens is 439 g/mol. The number of aliphatic imine (C=N–C) groups is 1. The zero-order chi connectivity index (χ0) is 17.9. The Morgan fingerprint density at radius 3 is 2.42 bits per heavy atom. The number of nitrogens with one attached hydrogen (secondary N) is 2. The van der Waals surface area contributed by atoms with Crippen LogP contribution in [-0.2, 0) is 4.74 Å². The van der Waals surface area contributed by atoms with Crippen molar-refractivity contribution >= 4 is 29.9 Å². The molecule has 0 aromatic heterocycles. The van der Waals surface area contributed by atoms with Gasteiger partial charge in [0.1, 0.15) is 0 Å². The first-order valence-corrected chi connectivity index (χ1v) is 10.4. The van der Waals surface area contributed by atoms with Crippen LogP contribution in [0, 0.1) is 11.3 Å². The lowest BCUT2D eigenvalue weighted by Crippen LogP contribution is -2.69. The van der Waals surface area contributed by atoms with Gasteiger partial charge in [-0.15, -0.1) is 24.0 Å². The lowest BCUT2D eigenvalue weighted by molar-refractivity contribution is -0.168. The standard InChI is InChI=1S/C20H38N4O.HI/c1-5-25-18-13-17(20(18)9-6-10-20)23-19(21-4)22-16-7-11-24(12-8-16)14-15(2)3;/h15-18H,5-14H2,1-4H3,(H2,21,22,23);1H. The minimum absolute atomic E-state index is 0. The number of rotatable bonds is 6. The molecular formula is C20H39IN4O. The quantitative estimate of drug-likeness (QED) is 0.350. The van der Waals surface area contributed by atoms with Crippen molar-refractivity contribution in [1.29, 1.82) is 0 Å². The number of hydrogen-bond acceptors (Lipinski definition) is 3. The van der Waals surface area contributed by atoms with Crippen molar-refractivity contribution in [2.24, 2.45) is 16.3 Å². The molecule has 0 bridgehead atoms. The van der Waals surface area contributed by atoms with E-state index in [0.717, 1.165) is 24.9 Å². The van der Waals surface area contributed by atoms with E-state index in [0.29, 0.717) is 23.6 Å². The average molecular weight is 478 g/mol. The van der Waals surface area contributed by atoms with E-state index in [1.807, 2.05) is 7.05 Å². The van der Waals surface area contributed by atoms with Gasteiger partial charge in [0.2, 0.25) is 0 Å². The molecule has 3 aliphatic rings. The van der Waals surface area contributed by atoms with Crippen LogP contribution in [0.4, 0.5) is 0 Å². The molecule has 2 saturated carbocycles. The highest BCUT2D eigenvalue weighted by molar-refractivity contribution is 14.0. The van der Waals surface area contributed by atoms with Gasteiger partial charge in [-0.1, -0.05) is 20.3 Å². The molecule has 3 rings (SSSR count). The maximum absolute atomic E-state index is 5.97. The Kier molecular flexibility index (Phi) is 8.47. The molecule has 2 N–H and O–H groups in total. The Morgan fingerprint density at radius 1 is 1.23 bits per heavy atom. The van der Waals surface area contributed by atoms with E-state index >= 15 is 0 Å². The molecule has 1 heterocycles. The summed E-state index contributed by atoms with van der Waals surface area (Å²) in [6, 6.07) is 1.08. The molecule has 1 aliphatic heterocycles. The molecule has 1 spiro atoms. The first-order valence-electron chi connectivity index (χ1n) is 10.4. The molecule has 2 atom stereocenters. The highest BCUT2D eigenvalue weighted by Crippen LogP contribution is 2.57. The second kappa shape index (κ2) is 9.92. The van der Waals surface area contributed by atoms with E-state index in [1.54, 1.807) is 0 Å². The van der Waals surface area contributed by atoms with E-state index in [9.17, 15) is 0 Å². The summed E-state index contributed by atoms with van der Waals surface area (Å²) in [5.41, 5.74) is 0.383. The van der Waals surface area contributed by atoms with Gasteiger partial charge in [-0.3, -0.25) is 4.99 Å². The Bertz CT molecular complexity index is 459. The Hall–Kier alpha value is -0.0800. The fourth-order valence-corrected chi connectivity index (χ4v) is 4.95. The van der Waals surface area contributed by atoms with Gasteiger partial charge in [-0.05, 0) is 44.9 Å². The normalized spacial score (nSPS) is 29.0. The fourth-order valence-electron chi connectivity index (χ4n) is 4.95. The van der Waals surface area contributed by atoms with Gasteiger partial charge in [0.05, 0.1) is 6.10 Å². The van der Waals surface area contributed by atoms with E-state index in [4.69, 9.17) is 4.74 Å². The minimum Gasteiger partial charge on any atom is -0.378 e. The second-order valence-corrected chi connectivity index (χ2v) is 8.65. The zero-order valence-electron chi connectivity index (χ0n) is 17.1. The summed E-state index contributed by atoms with van der Waals surface area (Å²) in [6.45, 7) is 11.2. The van der Waals surface area contributed by atoms with Crippen LogP contribution in [0.3, 0.4) is 0 Å². The molecule has 0 aromatic carbocycles. The van der Waals surface area contributed by atoms with Crippen LogP contribution in [-0.4, -0.2) is 62.3 Å². The summed E-state index contributed by atoms with van der Waals surface area (Å²) in [4.78, 5) is 7.10. The number of ether oxygens (including phenoxy) is 1. The van der Waals surface area contributed by atoms with Crippen molar-refractivity contribution in [3.63, 3.8) is 0 Å². The van der Waals surface area contributed by atoms with Gasteiger partial charge in [0.25, 0.3) is 0 Å². The molecule has 5 nitrogen and oxygen atoms in total. The van der Waals surface area contributed by atoms with Gasteiger partial charge < -0.3 is 20.3 Å². The summed E-state index contributed by atoms with van der Waals surface area (Å²) < 4.78 is 5.97. The number of halogens is 1. The minimum atomic E-state index is 0. The number of guanidine groups is 1. The van der Waals surface area contributed by atoms with Crippen LogP contribution in [0.1, 0.15) is 59.3 Å². The summed E-state index contributed by atoms with van der Waals surface area (Å²) in [7, 11) is 1.90. The predicted octanol–water partition coefficient (Wildman–Crippen LogP) is 3.24. The van der Waals surface area contributed by atoms with Crippen LogP contribution in [0.15, 0.2) is 4.99 Å². The van der Waals surface area contributed by atoms with Crippen LogP contribution in [0.5, 0.6) is 0 Å². The van der Waals surface area contributed by atoms with Crippen LogP contribution >= 0.6 is 24.0 Å². The summed E-state index contributed by atoms with van der Waals surface area (Å²) in [5.74, 6) is 1.75. The Morgan fingerprint density at radius 2 is 1.92 bits per heavy atom. The van der Waals surface area contributed by atoms with Gasteiger partial charge in [-0.2, -0.15) is 0 Å². The molecule has 0 aromatic rings. The molecule has 2 aliphatic carbocycles. The van der Waals surface area contributed by atoms with Gasteiger partial charge in [0.15, 0.2) is 5.96 Å². The van der Waals surface area contributed by atoms with Crippen molar-refractivity contribution in [1.82, 2.24) is 15.5 Å². The van der Waals surface area contributed by atoms with Crippen molar-refractivity contribution < 1.29 is 4.74 Å². The SMILES string of the molecule is CCOC1CC(NC(=NC)NC2CCN(CC(C)C)CC2)C12CCC2.I. The maximum atomic E-state index is 5.97. The number of piperidine rings is 1. The largest absolute Gasteiger partial charge is 0.378 e. The zero-order valence-corrected chi connectivity index (χ0v) is 19.4. The van der Waals surface area contributed by atoms with E-state index in [-0.39, 0.29) is 24.0 Å². The number of nitrogens with zero attached hydrogens (tertiary/aromatic N) is 2. The molecule has 6 heteroatoms. The van der Waals surface area contributed by atoms with Gasteiger partial charge >= 0.3 is 0 Å². The lowest BCUT2D eigenvalue weighted by Gasteiger charge is -2.61. The topological polar surface area (TPSA) is 48.9 Å². The van der Waals surface area contributed by atoms with E-state index in [1.165, 1.54) is 51.7 Å². The Labute approximate surface area is 177 Å². The lowest BCUT2D eigenvalue weighted by atomic mass is 9.51. The van der Waals surface area contributed by atoms with Crippen LogP contribution in [0.2, 0.25) is 0 Å². The molecule has 0 amide bonds. The van der Waals surface area contributed by atoms with Crippen molar-refractivity contribution in [2.75, 3.05) is 33.3 Å². The van der Waals surface area contributed by atoms with Gasteiger partial charge in [0, 0.05) is 50.8 Å². The van der Waals surface area contributed by atoms with Crippen molar-refractivity contribution in [2.45, 2.75) is 77.5 Å². The summed E-state index contributed by atoms with van der Waals surface area (Å²) in [5, 5.41) is 7.40. The van der Waals surface area contributed by atoms with Crippen LogP contribution < -0.4 is 10.6 Å². The molecule has 2 unspecified atom stereocenters. The summed E-state index contributed by atoms with van der Waals surface area (Å²) >= 11 is 0. The Balaban J connectivity index is 0.00000243. The summed E-state index contributed by atoms with van der Waals surface area (Å²) in [6.07, 6.45) is 7.97. The second-order valence-electron chi connectivity index (χ2n) is 8.65. The molecule has 0 radical (unpaired) electrons. The molecule has 1 saturated heterocycles. The molecule has 3 fully saturated rings. The van der Waals surface area contributed by atoms with Crippen LogP contribution in [0.25, 0.3) is 0 Å². The fraction of sp³-hybridized carbons (Fsp3) is 0.950. The highest BCUT2D eigenvalue weighted by atomic mass is 127. The van der Waals surface area contributed by atoms with Gasteiger partial charge in [-0.25, -0.2) is 0 Å². The monoisotopic (exact) mass is 478 g/mol. The first kappa shape index (κ1) is 22.2. The smallest absolute Gasteiger partial charge is 0.191 e. The van der Waals surface area contributed by atoms with E-state index < -0.39 is 0 Å². The maximum Gasteiger partial charge on any atom is 0.191 e.